The fraction of sp³-hybridized carbons (Fsp3) is 0.588. The van der Waals surface area contributed by atoms with E-state index >= 15 is 0 Å². The molecule has 1 amide bonds. The molecule has 1 aromatic carbocycles. The Morgan fingerprint density at radius 2 is 1.85 bits per heavy atom. The third-order valence-corrected chi connectivity index (χ3v) is 4.42. The van der Waals surface area contributed by atoms with Crippen molar-refractivity contribution in [1.29, 1.82) is 0 Å². The van der Waals surface area contributed by atoms with Crippen LogP contribution in [-0.2, 0) is 11.2 Å². The summed E-state index contributed by atoms with van der Waals surface area (Å²) in [7, 11) is 0. The summed E-state index contributed by atoms with van der Waals surface area (Å²) < 4.78 is 0. The number of carbonyl (C=O) groups excluding carboxylic acids is 1. The van der Waals surface area contributed by atoms with Crippen molar-refractivity contribution < 1.29 is 4.79 Å². The van der Waals surface area contributed by atoms with E-state index in [9.17, 15) is 4.79 Å². The third kappa shape index (κ3) is 4.34. The second kappa shape index (κ2) is 7.44. The number of carbonyl (C=O) groups is 1. The first kappa shape index (κ1) is 15.0. The molecule has 0 spiro atoms. The Labute approximate surface area is 121 Å². The number of rotatable bonds is 5. The lowest BCUT2D eigenvalue weighted by Crippen LogP contribution is -2.37. The minimum absolute atomic E-state index is 0.121. The molecule has 110 valence electrons. The number of hydrogen-bond donors (Lipinski definition) is 2. The molecule has 0 saturated heterocycles. The summed E-state index contributed by atoms with van der Waals surface area (Å²) in [5.74, 6) is 1.27. The Hall–Kier alpha value is -1.35. The van der Waals surface area contributed by atoms with Gasteiger partial charge in [0.25, 0.3) is 0 Å². The van der Waals surface area contributed by atoms with E-state index in [2.05, 4.69) is 12.2 Å². The second-order valence-corrected chi connectivity index (χ2v) is 6.01. The van der Waals surface area contributed by atoms with Crippen LogP contribution >= 0.6 is 0 Å². The van der Waals surface area contributed by atoms with Gasteiger partial charge >= 0.3 is 0 Å². The molecule has 2 rings (SSSR count). The second-order valence-electron chi connectivity index (χ2n) is 6.01. The van der Waals surface area contributed by atoms with Crippen molar-refractivity contribution in [3.05, 3.63) is 35.4 Å². The molecule has 0 aromatic heterocycles. The standard InChI is InChI=1S/C17H26N2O/c1-13-6-8-14(9-7-13)10-17(20)19-12-16-5-3-2-4-15(16)11-18/h6-9,15-16H,2-5,10-12,18H2,1H3,(H,19,20). The maximum atomic E-state index is 12.0. The summed E-state index contributed by atoms with van der Waals surface area (Å²) in [4.78, 5) is 12.0. The topological polar surface area (TPSA) is 55.1 Å². The maximum absolute atomic E-state index is 12.0. The average Bonchev–Trinajstić information content (AvgIpc) is 2.48. The summed E-state index contributed by atoms with van der Waals surface area (Å²) in [6.07, 6.45) is 5.45. The van der Waals surface area contributed by atoms with Crippen molar-refractivity contribution in [3.8, 4) is 0 Å². The van der Waals surface area contributed by atoms with E-state index in [1.54, 1.807) is 0 Å². The normalized spacial score (nSPS) is 22.5. The quantitative estimate of drug-likeness (QED) is 0.866. The van der Waals surface area contributed by atoms with Crippen molar-refractivity contribution in [2.75, 3.05) is 13.1 Å². The van der Waals surface area contributed by atoms with E-state index in [1.807, 2.05) is 24.3 Å². The smallest absolute Gasteiger partial charge is 0.224 e. The van der Waals surface area contributed by atoms with Gasteiger partial charge in [0.05, 0.1) is 6.42 Å². The van der Waals surface area contributed by atoms with Crippen LogP contribution in [0.3, 0.4) is 0 Å². The van der Waals surface area contributed by atoms with Gasteiger partial charge in [-0.3, -0.25) is 4.79 Å². The van der Waals surface area contributed by atoms with E-state index in [-0.39, 0.29) is 5.91 Å². The SMILES string of the molecule is Cc1ccc(CC(=O)NCC2CCCCC2CN)cc1. The summed E-state index contributed by atoms with van der Waals surface area (Å²) in [6, 6.07) is 8.15. The van der Waals surface area contributed by atoms with Gasteiger partial charge in [-0.05, 0) is 43.7 Å². The van der Waals surface area contributed by atoms with Crippen LogP contribution in [-0.4, -0.2) is 19.0 Å². The van der Waals surface area contributed by atoms with Crippen LogP contribution in [0.15, 0.2) is 24.3 Å². The van der Waals surface area contributed by atoms with Crippen molar-refractivity contribution in [2.24, 2.45) is 17.6 Å². The maximum Gasteiger partial charge on any atom is 0.224 e. The molecule has 1 saturated carbocycles. The molecule has 0 heterocycles. The van der Waals surface area contributed by atoms with Crippen molar-refractivity contribution >= 4 is 5.91 Å². The highest BCUT2D eigenvalue weighted by atomic mass is 16.1. The highest BCUT2D eigenvalue weighted by Crippen LogP contribution is 2.28. The van der Waals surface area contributed by atoms with Gasteiger partial charge < -0.3 is 11.1 Å². The predicted molar refractivity (Wildman–Crippen MR) is 82.4 cm³/mol. The average molecular weight is 274 g/mol. The number of hydrogen-bond acceptors (Lipinski definition) is 2. The molecule has 1 aliphatic rings. The van der Waals surface area contributed by atoms with Crippen LogP contribution in [0.4, 0.5) is 0 Å². The van der Waals surface area contributed by atoms with E-state index < -0.39 is 0 Å². The number of amides is 1. The first-order chi connectivity index (χ1) is 9.69. The van der Waals surface area contributed by atoms with Crippen LogP contribution in [0.2, 0.25) is 0 Å². The van der Waals surface area contributed by atoms with Gasteiger partial charge in [0.15, 0.2) is 0 Å². The van der Waals surface area contributed by atoms with Crippen LogP contribution in [0, 0.1) is 18.8 Å². The molecule has 1 aromatic rings. The minimum Gasteiger partial charge on any atom is -0.356 e. The monoisotopic (exact) mass is 274 g/mol. The fourth-order valence-electron chi connectivity index (χ4n) is 3.06. The predicted octanol–water partition coefficient (Wildman–Crippen LogP) is 2.42. The first-order valence-corrected chi connectivity index (χ1v) is 7.71. The molecule has 3 heteroatoms. The zero-order valence-corrected chi connectivity index (χ0v) is 12.4. The molecule has 3 N–H and O–H groups in total. The highest BCUT2D eigenvalue weighted by Gasteiger charge is 2.24. The third-order valence-electron chi connectivity index (χ3n) is 4.42. The summed E-state index contributed by atoms with van der Waals surface area (Å²) in [5.41, 5.74) is 8.13. The van der Waals surface area contributed by atoms with Crippen LogP contribution in [0.1, 0.15) is 36.8 Å². The van der Waals surface area contributed by atoms with Gasteiger partial charge in [0.1, 0.15) is 0 Å². The molecule has 3 nitrogen and oxygen atoms in total. The van der Waals surface area contributed by atoms with Gasteiger partial charge in [-0.15, -0.1) is 0 Å². The van der Waals surface area contributed by atoms with Crippen molar-refractivity contribution in [3.63, 3.8) is 0 Å². The zero-order chi connectivity index (χ0) is 14.4. The Morgan fingerprint density at radius 3 is 2.50 bits per heavy atom. The molecular formula is C17H26N2O. The lowest BCUT2D eigenvalue weighted by molar-refractivity contribution is -0.120. The minimum atomic E-state index is 0.121. The summed E-state index contributed by atoms with van der Waals surface area (Å²) >= 11 is 0. The van der Waals surface area contributed by atoms with Crippen molar-refractivity contribution in [2.45, 2.75) is 39.0 Å². The van der Waals surface area contributed by atoms with Crippen LogP contribution in [0.5, 0.6) is 0 Å². The van der Waals surface area contributed by atoms with Gasteiger partial charge in [-0.2, -0.15) is 0 Å². The molecule has 0 aliphatic heterocycles. The van der Waals surface area contributed by atoms with E-state index in [0.29, 0.717) is 18.3 Å². The lowest BCUT2D eigenvalue weighted by Gasteiger charge is -2.30. The van der Waals surface area contributed by atoms with Gasteiger partial charge in [-0.1, -0.05) is 42.7 Å². The van der Waals surface area contributed by atoms with Gasteiger partial charge in [-0.25, -0.2) is 0 Å². The molecule has 1 fully saturated rings. The summed E-state index contributed by atoms with van der Waals surface area (Å²) in [6.45, 7) is 3.59. The Balaban J connectivity index is 1.78. The van der Waals surface area contributed by atoms with Gasteiger partial charge in [0, 0.05) is 6.54 Å². The largest absolute Gasteiger partial charge is 0.356 e. The first-order valence-electron chi connectivity index (χ1n) is 7.71. The number of aryl methyl sites for hydroxylation is 1. The Kier molecular flexibility index (Phi) is 5.60. The molecule has 0 bridgehead atoms. The van der Waals surface area contributed by atoms with E-state index in [4.69, 9.17) is 5.73 Å². The Bertz CT molecular complexity index is 427. The number of benzene rings is 1. The number of nitrogens with one attached hydrogen (secondary N) is 1. The fourth-order valence-corrected chi connectivity index (χ4v) is 3.06. The van der Waals surface area contributed by atoms with Crippen molar-refractivity contribution in [1.82, 2.24) is 5.32 Å². The molecule has 2 atom stereocenters. The molecule has 20 heavy (non-hydrogen) atoms. The van der Waals surface area contributed by atoms with Crippen LogP contribution < -0.4 is 11.1 Å². The molecular weight excluding hydrogens is 248 g/mol. The lowest BCUT2D eigenvalue weighted by atomic mass is 9.79. The Morgan fingerprint density at radius 1 is 1.20 bits per heavy atom. The van der Waals surface area contributed by atoms with Gasteiger partial charge in [0.2, 0.25) is 5.91 Å². The van der Waals surface area contributed by atoms with Crippen LogP contribution in [0.25, 0.3) is 0 Å². The zero-order valence-electron chi connectivity index (χ0n) is 12.4. The summed E-state index contributed by atoms with van der Waals surface area (Å²) in [5, 5.41) is 3.09. The molecule has 1 aliphatic carbocycles. The highest BCUT2D eigenvalue weighted by molar-refractivity contribution is 5.78. The van der Waals surface area contributed by atoms with E-state index in [1.165, 1.54) is 31.2 Å². The molecule has 0 radical (unpaired) electrons. The van der Waals surface area contributed by atoms with E-state index in [0.717, 1.165) is 18.7 Å². The molecule has 2 unspecified atom stereocenters. The number of nitrogens with two attached hydrogens (primary N) is 1.